The van der Waals surface area contributed by atoms with E-state index < -0.39 is 12.6 Å². The molecule has 0 aromatic carbocycles. The average Bonchev–Trinajstić information content (AvgIpc) is 3.08. The Morgan fingerprint density at radius 2 is 0.857 bits per heavy atom. The van der Waals surface area contributed by atoms with Gasteiger partial charge in [-0.2, -0.15) is 0 Å². The maximum Gasteiger partial charge on any atom is 0.311 e. The maximum atomic E-state index is 12.5. The first-order chi connectivity index (χ1) is 23.2. The smallest absolute Gasteiger partial charge is 0.311 e. The van der Waals surface area contributed by atoms with Crippen molar-refractivity contribution in [2.75, 3.05) is 13.4 Å². The van der Waals surface area contributed by atoms with Crippen molar-refractivity contribution in [1.82, 2.24) is 0 Å². The first-order valence-corrected chi connectivity index (χ1v) is 19.7. The first-order valence-electron chi connectivity index (χ1n) is 19.7. The summed E-state index contributed by atoms with van der Waals surface area (Å²) in [5, 5.41) is 0. The van der Waals surface area contributed by atoms with Gasteiger partial charge in [0.15, 0.2) is 6.79 Å². The third-order valence-electron chi connectivity index (χ3n) is 11.1. The lowest BCUT2D eigenvalue weighted by Crippen LogP contribution is -2.31. The predicted molar refractivity (Wildman–Crippen MR) is 191 cm³/mol. The number of hydrogen-bond acceptors (Lipinski definition) is 9. The lowest BCUT2D eigenvalue weighted by atomic mass is 9.76. The molecule has 0 bridgehead atoms. The Morgan fingerprint density at radius 1 is 0.510 bits per heavy atom. The standard InChI is InChI=1S/C25H44O6.C15H28O3/c1-16(2)20-9-7-11-22(13-20)24(26)30-18(5)28-15-29-19(6)31-25(27)23-12-8-10-21(14-23)17(3)4;1-5-14(17-6-2)18-15(16)13-9-7-8-12(10-13)11(3)4/h16-23H,7-15H2,1-6H3;11-14H,5-10H2,1-4H3. The summed E-state index contributed by atoms with van der Waals surface area (Å²) in [6, 6.07) is 0. The van der Waals surface area contributed by atoms with E-state index in [2.05, 4.69) is 41.5 Å². The molecule has 3 rings (SSSR count). The van der Waals surface area contributed by atoms with Gasteiger partial charge in [0.2, 0.25) is 18.9 Å². The highest BCUT2D eigenvalue weighted by Crippen LogP contribution is 2.36. The molecule has 0 radical (unpaired) electrons. The minimum absolute atomic E-state index is 0.0434. The average molecular weight is 697 g/mol. The molecule has 3 aliphatic carbocycles. The Morgan fingerprint density at radius 3 is 1.16 bits per heavy atom. The Balaban J connectivity index is 0.000000393. The second-order valence-electron chi connectivity index (χ2n) is 15.8. The van der Waals surface area contributed by atoms with Gasteiger partial charge in [-0.05, 0) is 94.8 Å². The van der Waals surface area contributed by atoms with E-state index in [4.69, 9.17) is 28.4 Å². The van der Waals surface area contributed by atoms with E-state index in [1.807, 2.05) is 13.8 Å². The number of carbonyl (C=O) groups excluding carboxylic acids is 3. The molecular weight excluding hydrogens is 624 g/mol. The summed E-state index contributed by atoms with van der Waals surface area (Å²) in [5.41, 5.74) is 0. The normalized spacial score (nSPS) is 27.9. The van der Waals surface area contributed by atoms with Crippen LogP contribution in [-0.2, 0) is 42.8 Å². The number of hydrogen-bond donors (Lipinski definition) is 0. The molecular formula is C40H72O9. The van der Waals surface area contributed by atoms with Crippen molar-refractivity contribution in [2.24, 2.45) is 53.3 Å². The van der Waals surface area contributed by atoms with Gasteiger partial charge < -0.3 is 28.4 Å². The molecule has 9 atom stereocenters. The number of esters is 3. The van der Waals surface area contributed by atoms with E-state index in [-0.39, 0.29) is 48.7 Å². The highest BCUT2D eigenvalue weighted by atomic mass is 16.8. The van der Waals surface area contributed by atoms with Crippen molar-refractivity contribution >= 4 is 17.9 Å². The third-order valence-corrected chi connectivity index (χ3v) is 11.1. The molecule has 9 unspecified atom stereocenters. The summed E-state index contributed by atoms with van der Waals surface area (Å²) in [5.74, 6) is 3.25. The van der Waals surface area contributed by atoms with Gasteiger partial charge in [-0.25, -0.2) is 0 Å². The predicted octanol–water partition coefficient (Wildman–Crippen LogP) is 9.44. The van der Waals surface area contributed by atoms with Crippen molar-refractivity contribution in [1.29, 1.82) is 0 Å². The number of carbonyl (C=O) groups is 3. The van der Waals surface area contributed by atoms with Crippen molar-refractivity contribution in [3.05, 3.63) is 0 Å². The van der Waals surface area contributed by atoms with E-state index in [1.54, 1.807) is 13.8 Å². The van der Waals surface area contributed by atoms with Crippen LogP contribution in [0.3, 0.4) is 0 Å². The van der Waals surface area contributed by atoms with Crippen LogP contribution < -0.4 is 0 Å². The third kappa shape index (κ3) is 16.0. The van der Waals surface area contributed by atoms with E-state index >= 15 is 0 Å². The Bertz CT molecular complexity index is 902. The van der Waals surface area contributed by atoms with Crippen LogP contribution in [0.1, 0.15) is 153 Å². The van der Waals surface area contributed by atoms with Gasteiger partial charge in [0, 0.05) is 13.0 Å². The van der Waals surface area contributed by atoms with Crippen LogP contribution >= 0.6 is 0 Å². The lowest BCUT2D eigenvalue weighted by molar-refractivity contribution is -0.235. The number of ether oxygens (including phenoxy) is 6. The second-order valence-corrected chi connectivity index (χ2v) is 15.8. The van der Waals surface area contributed by atoms with E-state index in [1.165, 1.54) is 19.3 Å². The van der Waals surface area contributed by atoms with Crippen LogP contribution in [0.15, 0.2) is 0 Å². The SMILES string of the molecule is CC(OCOC(C)OC(=O)C1CCCC(C(C)C)C1)OC(=O)C1CCCC(C(C)C)C1.CCOC(CC)OC(=O)C1CCCC(C(C)C)C1. The zero-order valence-corrected chi connectivity index (χ0v) is 32.7. The maximum absolute atomic E-state index is 12.5. The fraction of sp³-hybridized carbons (Fsp3) is 0.925. The molecule has 3 saturated carbocycles. The van der Waals surface area contributed by atoms with E-state index in [0.29, 0.717) is 42.1 Å². The van der Waals surface area contributed by atoms with Crippen molar-refractivity contribution in [3.8, 4) is 0 Å². The van der Waals surface area contributed by atoms with Crippen LogP contribution in [0.2, 0.25) is 0 Å². The molecule has 286 valence electrons. The molecule has 3 aliphatic rings. The molecule has 0 saturated heterocycles. The molecule has 0 N–H and O–H groups in total. The first kappa shape index (κ1) is 43.5. The van der Waals surface area contributed by atoms with Crippen LogP contribution in [-0.4, -0.2) is 50.2 Å². The van der Waals surface area contributed by atoms with Crippen LogP contribution in [0.5, 0.6) is 0 Å². The molecule has 49 heavy (non-hydrogen) atoms. The molecule has 0 aromatic heterocycles. The minimum Gasteiger partial charge on any atom is -0.436 e. The van der Waals surface area contributed by atoms with Crippen LogP contribution in [0, 0.1) is 53.3 Å². The highest BCUT2D eigenvalue weighted by Gasteiger charge is 2.33. The molecule has 3 fully saturated rings. The minimum atomic E-state index is -0.694. The summed E-state index contributed by atoms with van der Waals surface area (Å²) in [6.45, 7) is 21.1. The van der Waals surface area contributed by atoms with Gasteiger partial charge in [0.1, 0.15) is 0 Å². The van der Waals surface area contributed by atoms with Crippen LogP contribution in [0.25, 0.3) is 0 Å². The van der Waals surface area contributed by atoms with Crippen molar-refractivity contribution < 1.29 is 42.8 Å². The fourth-order valence-electron chi connectivity index (χ4n) is 7.61. The fourth-order valence-corrected chi connectivity index (χ4v) is 7.61. The number of rotatable bonds is 16. The van der Waals surface area contributed by atoms with Gasteiger partial charge in [0.25, 0.3) is 0 Å². The topological polar surface area (TPSA) is 107 Å². The summed E-state index contributed by atoms with van der Waals surface area (Å²) >= 11 is 0. The molecule has 0 heterocycles. The summed E-state index contributed by atoms with van der Waals surface area (Å²) in [7, 11) is 0. The summed E-state index contributed by atoms with van der Waals surface area (Å²) in [4.78, 5) is 37.0. The largest absolute Gasteiger partial charge is 0.436 e. The highest BCUT2D eigenvalue weighted by molar-refractivity contribution is 5.73. The van der Waals surface area contributed by atoms with E-state index in [9.17, 15) is 14.4 Å². The van der Waals surface area contributed by atoms with Gasteiger partial charge in [-0.15, -0.1) is 0 Å². The quantitative estimate of drug-likeness (QED) is 0.0886. The zero-order valence-electron chi connectivity index (χ0n) is 32.7. The lowest BCUT2D eigenvalue weighted by Gasteiger charge is -2.31. The molecule has 9 nitrogen and oxygen atoms in total. The monoisotopic (exact) mass is 697 g/mol. The molecule has 0 spiro atoms. The van der Waals surface area contributed by atoms with Gasteiger partial charge in [0.05, 0.1) is 17.8 Å². The van der Waals surface area contributed by atoms with Crippen LogP contribution in [0.4, 0.5) is 0 Å². The molecule has 0 aromatic rings. The Hall–Kier alpha value is -1.71. The zero-order chi connectivity index (χ0) is 36.5. The van der Waals surface area contributed by atoms with Gasteiger partial charge in [-0.1, -0.05) is 87.0 Å². The van der Waals surface area contributed by atoms with E-state index in [0.717, 1.165) is 64.2 Å². The Labute approximate surface area is 298 Å². The van der Waals surface area contributed by atoms with Crippen molar-refractivity contribution in [3.63, 3.8) is 0 Å². The van der Waals surface area contributed by atoms with Crippen molar-refractivity contribution in [2.45, 2.75) is 172 Å². The summed E-state index contributed by atoms with van der Waals surface area (Å²) < 4.78 is 32.7. The van der Waals surface area contributed by atoms with Gasteiger partial charge >= 0.3 is 17.9 Å². The Kier molecular flexibility index (Phi) is 20.4. The molecule has 9 heteroatoms. The molecule has 0 amide bonds. The molecule has 0 aliphatic heterocycles. The second kappa shape index (κ2) is 23.0. The summed E-state index contributed by atoms with van der Waals surface area (Å²) in [6.07, 6.45) is 11.4. The van der Waals surface area contributed by atoms with Gasteiger partial charge in [-0.3, -0.25) is 14.4 Å².